The van der Waals surface area contributed by atoms with E-state index in [0.29, 0.717) is 25.7 Å². The summed E-state index contributed by atoms with van der Waals surface area (Å²) < 4.78 is 68.3. The maximum absolute atomic E-state index is 13.0. The quantitative estimate of drug-likeness (QED) is 0.0222. The fourth-order valence-corrected chi connectivity index (χ4v) is 12.0. The Bertz CT molecular complexity index is 1770. The molecule has 17 nitrogen and oxygen atoms in total. The van der Waals surface area contributed by atoms with E-state index >= 15 is 0 Å². The number of hydrogen-bond donors (Lipinski definition) is 3. The van der Waals surface area contributed by atoms with Crippen LogP contribution in [-0.2, 0) is 65.4 Å². The van der Waals surface area contributed by atoms with Crippen LogP contribution in [0.15, 0.2) is 0 Å². The molecule has 0 aromatic carbocycles. The van der Waals surface area contributed by atoms with Crippen LogP contribution in [0.25, 0.3) is 0 Å². The highest BCUT2D eigenvalue weighted by Gasteiger charge is 2.30. The van der Waals surface area contributed by atoms with E-state index < -0.39 is 97.5 Å². The molecule has 0 fully saturated rings. The molecule has 528 valence electrons. The highest BCUT2D eigenvalue weighted by atomic mass is 31.2. The predicted octanol–water partition coefficient (Wildman–Crippen LogP) is 19.7. The molecule has 0 aromatic rings. The Morgan fingerprint density at radius 2 is 0.539 bits per heavy atom. The van der Waals surface area contributed by atoms with Crippen LogP contribution in [0.2, 0.25) is 0 Å². The van der Waals surface area contributed by atoms with Gasteiger partial charge in [-0.2, -0.15) is 0 Å². The summed E-state index contributed by atoms with van der Waals surface area (Å²) in [7, 11) is -9.90. The van der Waals surface area contributed by atoms with Gasteiger partial charge in [-0.3, -0.25) is 37.3 Å². The molecule has 0 saturated carbocycles. The van der Waals surface area contributed by atoms with Crippen LogP contribution in [0, 0.1) is 23.7 Å². The fraction of sp³-hybridized carbons (Fsp3) is 0.943. The van der Waals surface area contributed by atoms with Crippen molar-refractivity contribution < 1.29 is 80.2 Å². The zero-order valence-corrected chi connectivity index (χ0v) is 59.8. The molecular formula is C70H136O17P2. The first-order valence-electron chi connectivity index (χ1n) is 36.2. The summed E-state index contributed by atoms with van der Waals surface area (Å²) in [6.07, 6.45) is 41.7. The molecule has 3 N–H and O–H groups in total. The van der Waals surface area contributed by atoms with Crippen LogP contribution in [0.3, 0.4) is 0 Å². The Morgan fingerprint density at radius 1 is 0.315 bits per heavy atom. The summed E-state index contributed by atoms with van der Waals surface area (Å²) in [5.41, 5.74) is 0. The number of aliphatic hydroxyl groups is 1. The van der Waals surface area contributed by atoms with Crippen LogP contribution in [0.4, 0.5) is 0 Å². The van der Waals surface area contributed by atoms with Crippen molar-refractivity contribution in [1.82, 2.24) is 0 Å². The number of unbranched alkanes of at least 4 members (excludes halogenated alkanes) is 32. The summed E-state index contributed by atoms with van der Waals surface area (Å²) in [4.78, 5) is 72.5. The summed E-state index contributed by atoms with van der Waals surface area (Å²) >= 11 is 0. The molecule has 6 atom stereocenters. The first kappa shape index (κ1) is 87.1. The molecule has 89 heavy (non-hydrogen) atoms. The second-order valence-electron chi connectivity index (χ2n) is 26.9. The van der Waals surface area contributed by atoms with E-state index in [9.17, 15) is 43.2 Å². The zero-order chi connectivity index (χ0) is 66.1. The maximum atomic E-state index is 13.0. The lowest BCUT2D eigenvalue weighted by molar-refractivity contribution is -0.161. The van der Waals surface area contributed by atoms with Crippen molar-refractivity contribution in [1.29, 1.82) is 0 Å². The lowest BCUT2D eigenvalue weighted by atomic mass is 10.00. The third kappa shape index (κ3) is 63.2. The van der Waals surface area contributed by atoms with Crippen molar-refractivity contribution in [2.24, 2.45) is 23.7 Å². The minimum absolute atomic E-state index is 0.104. The SMILES string of the molecule is CCC(C)CCCCCCCCC(=O)OC[C@H](COP(=O)(O)OC[C@H](O)COP(=O)(O)OC[C@@H](COC(=O)CCCCCCCCCCCCC(C)C)OC(=O)CCCCCCCCCCCCCC(C)C)OC(=O)CCCCCCCCCCCC(C)C. The van der Waals surface area contributed by atoms with Crippen molar-refractivity contribution in [3.05, 3.63) is 0 Å². The topological polar surface area (TPSA) is 237 Å². The lowest BCUT2D eigenvalue weighted by Gasteiger charge is -2.21. The Balaban J connectivity index is 5.27. The molecule has 0 bridgehead atoms. The molecule has 0 radical (unpaired) electrons. The van der Waals surface area contributed by atoms with E-state index in [-0.39, 0.29) is 25.7 Å². The highest BCUT2D eigenvalue weighted by molar-refractivity contribution is 7.47. The zero-order valence-electron chi connectivity index (χ0n) is 58.1. The van der Waals surface area contributed by atoms with E-state index in [1.54, 1.807) is 0 Å². The molecule has 0 spiro atoms. The van der Waals surface area contributed by atoms with E-state index in [2.05, 4.69) is 55.4 Å². The Labute approximate surface area is 543 Å². The van der Waals surface area contributed by atoms with E-state index in [1.807, 2.05) is 0 Å². The fourth-order valence-electron chi connectivity index (χ4n) is 10.5. The molecule has 19 heteroatoms. The number of phosphoric acid groups is 2. The smallest absolute Gasteiger partial charge is 0.462 e. The second kappa shape index (κ2) is 59.8. The summed E-state index contributed by atoms with van der Waals surface area (Å²) in [6.45, 7) is 14.1. The van der Waals surface area contributed by atoms with E-state index in [4.69, 9.17) is 37.0 Å². The molecule has 0 aliphatic heterocycles. The number of rotatable bonds is 67. The van der Waals surface area contributed by atoms with E-state index in [1.165, 1.54) is 141 Å². The minimum Gasteiger partial charge on any atom is -0.462 e. The van der Waals surface area contributed by atoms with Crippen molar-refractivity contribution in [2.45, 2.75) is 363 Å². The van der Waals surface area contributed by atoms with Gasteiger partial charge in [0.2, 0.25) is 0 Å². The number of esters is 4. The van der Waals surface area contributed by atoms with Crippen LogP contribution in [-0.4, -0.2) is 96.7 Å². The van der Waals surface area contributed by atoms with Gasteiger partial charge in [0, 0.05) is 25.7 Å². The lowest BCUT2D eigenvalue weighted by Crippen LogP contribution is -2.30. The van der Waals surface area contributed by atoms with Gasteiger partial charge in [-0.05, 0) is 49.4 Å². The van der Waals surface area contributed by atoms with Crippen molar-refractivity contribution in [3.8, 4) is 0 Å². The van der Waals surface area contributed by atoms with Crippen molar-refractivity contribution in [2.75, 3.05) is 39.6 Å². The molecule has 0 amide bonds. The molecule has 0 heterocycles. The summed E-state index contributed by atoms with van der Waals surface area (Å²) in [6, 6.07) is 0. The van der Waals surface area contributed by atoms with Gasteiger partial charge in [-0.1, -0.05) is 293 Å². The standard InChI is InChI=1S/C70H136O17P2/c1-9-63(8)49-41-33-28-29-35-43-51-68(73)81-57-66(87-70(75)53-45-37-27-21-15-18-24-32-40-48-62(6)7)59-85-89(78,79)83-55-64(71)54-82-88(76,77)84-58-65(56-80-67(72)50-42-34-25-19-14-13-17-23-31-39-47-61(4)5)86-69(74)52-44-36-26-20-12-10-11-16-22-30-38-46-60(2)3/h60-66,71H,9-59H2,1-8H3,(H,76,77)(H,78,79)/t63?,64-,65-,66-/m1/s1. The van der Waals surface area contributed by atoms with E-state index in [0.717, 1.165) is 120 Å². The number of hydrogen-bond acceptors (Lipinski definition) is 15. The number of ether oxygens (including phenoxy) is 4. The Morgan fingerprint density at radius 3 is 0.798 bits per heavy atom. The number of aliphatic hydroxyl groups excluding tert-OH is 1. The summed E-state index contributed by atoms with van der Waals surface area (Å²) in [5.74, 6) is 0.861. The van der Waals surface area contributed by atoms with Crippen LogP contribution >= 0.6 is 15.6 Å². The van der Waals surface area contributed by atoms with Gasteiger partial charge in [-0.25, -0.2) is 9.13 Å². The molecule has 0 aliphatic carbocycles. The Kier molecular flexibility index (Phi) is 58.5. The average molecular weight is 1310 g/mol. The number of carbonyl (C=O) groups is 4. The highest BCUT2D eigenvalue weighted by Crippen LogP contribution is 2.45. The average Bonchev–Trinajstić information content (AvgIpc) is 3.50. The molecule has 0 aliphatic rings. The van der Waals surface area contributed by atoms with Crippen LogP contribution < -0.4 is 0 Å². The van der Waals surface area contributed by atoms with Gasteiger partial charge in [0.05, 0.1) is 26.4 Å². The molecular weight excluding hydrogens is 1170 g/mol. The van der Waals surface area contributed by atoms with Gasteiger partial charge in [0.25, 0.3) is 0 Å². The first-order valence-corrected chi connectivity index (χ1v) is 39.2. The number of phosphoric ester groups is 2. The third-order valence-corrected chi connectivity index (χ3v) is 18.3. The molecule has 0 saturated heterocycles. The second-order valence-corrected chi connectivity index (χ2v) is 29.8. The first-order chi connectivity index (χ1) is 42.6. The van der Waals surface area contributed by atoms with Gasteiger partial charge < -0.3 is 33.8 Å². The van der Waals surface area contributed by atoms with Crippen LogP contribution in [0.1, 0.15) is 344 Å². The van der Waals surface area contributed by atoms with Crippen LogP contribution in [0.5, 0.6) is 0 Å². The molecule has 0 aromatic heterocycles. The summed E-state index contributed by atoms with van der Waals surface area (Å²) in [5, 5.41) is 10.6. The minimum atomic E-state index is -4.95. The van der Waals surface area contributed by atoms with Crippen molar-refractivity contribution >= 4 is 39.5 Å². The largest absolute Gasteiger partial charge is 0.472 e. The third-order valence-electron chi connectivity index (χ3n) is 16.4. The van der Waals surface area contributed by atoms with Gasteiger partial charge in [0.1, 0.15) is 19.3 Å². The normalized spacial score (nSPS) is 14.6. The van der Waals surface area contributed by atoms with Gasteiger partial charge in [0.15, 0.2) is 12.2 Å². The predicted molar refractivity (Wildman–Crippen MR) is 358 cm³/mol. The number of carbonyl (C=O) groups excluding carboxylic acids is 4. The Hall–Kier alpha value is -1.94. The maximum Gasteiger partial charge on any atom is 0.472 e. The monoisotopic (exact) mass is 1310 g/mol. The molecule has 0 rings (SSSR count). The van der Waals surface area contributed by atoms with Gasteiger partial charge >= 0.3 is 39.5 Å². The molecule has 3 unspecified atom stereocenters. The van der Waals surface area contributed by atoms with Gasteiger partial charge in [-0.15, -0.1) is 0 Å². The van der Waals surface area contributed by atoms with Crippen molar-refractivity contribution in [3.63, 3.8) is 0 Å².